The van der Waals surface area contributed by atoms with Gasteiger partial charge in [0.25, 0.3) is 0 Å². The van der Waals surface area contributed by atoms with Crippen molar-refractivity contribution in [3.8, 4) is 11.1 Å². The van der Waals surface area contributed by atoms with Crippen LogP contribution in [0.15, 0.2) is 83.8 Å². The predicted octanol–water partition coefficient (Wildman–Crippen LogP) is 3.89. The van der Waals surface area contributed by atoms with Gasteiger partial charge in [0, 0.05) is 14.1 Å². The van der Waals surface area contributed by atoms with Crippen LogP contribution in [0.2, 0.25) is 0 Å². The topological polar surface area (TPSA) is 63.7 Å². The monoisotopic (exact) mass is 409 g/mol. The zero-order valence-electron chi connectivity index (χ0n) is 16.4. The zero-order chi connectivity index (χ0) is 20.9. The number of hydrogen-bond acceptors (Lipinski definition) is 4. The van der Waals surface area contributed by atoms with Crippen molar-refractivity contribution >= 4 is 16.0 Å². The van der Waals surface area contributed by atoms with E-state index in [1.165, 1.54) is 26.2 Å². The summed E-state index contributed by atoms with van der Waals surface area (Å²) in [7, 11) is -0.566. The molecule has 3 aromatic carbocycles. The molecule has 0 spiro atoms. The fourth-order valence-electron chi connectivity index (χ4n) is 2.83. The summed E-state index contributed by atoms with van der Waals surface area (Å²) in [6, 6.07) is 24.2. The minimum absolute atomic E-state index is 0.0255. The van der Waals surface area contributed by atoms with Crippen molar-refractivity contribution in [3.05, 3.63) is 90.0 Å². The van der Waals surface area contributed by atoms with Crippen LogP contribution in [0.4, 0.5) is 0 Å². The number of esters is 1. The van der Waals surface area contributed by atoms with Crippen LogP contribution in [-0.4, -0.2) is 32.8 Å². The van der Waals surface area contributed by atoms with Crippen LogP contribution in [0.5, 0.6) is 0 Å². The highest BCUT2D eigenvalue weighted by Gasteiger charge is 2.17. The molecule has 5 nitrogen and oxygen atoms in total. The Hall–Kier alpha value is -2.96. The Balaban J connectivity index is 1.59. The van der Waals surface area contributed by atoms with Crippen LogP contribution in [0.1, 0.15) is 11.1 Å². The smallest absolute Gasteiger partial charge is 0.310 e. The summed E-state index contributed by atoms with van der Waals surface area (Å²) < 4.78 is 30.9. The van der Waals surface area contributed by atoms with Crippen molar-refractivity contribution in [2.24, 2.45) is 0 Å². The number of benzene rings is 3. The molecule has 0 aliphatic rings. The first-order valence-corrected chi connectivity index (χ1v) is 10.6. The lowest BCUT2D eigenvalue weighted by Gasteiger charge is -2.12. The first-order valence-electron chi connectivity index (χ1n) is 9.18. The van der Waals surface area contributed by atoms with E-state index in [0.29, 0.717) is 5.56 Å². The van der Waals surface area contributed by atoms with Crippen LogP contribution < -0.4 is 0 Å². The Labute approximate surface area is 171 Å². The second-order valence-electron chi connectivity index (χ2n) is 6.84. The van der Waals surface area contributed by atoms with E-state index in [9.17, 15) is 13.2 Å². The SMILES string of the molecule is CN(C)S(=O)(=O)c1cccc(COC(=O)Cc2ccc(-c3ccccc3)cc2)c1. The number of carbonyl (C=O) groups excluding carboxylic acids is 1. The molecule has 0 unspecified atom stereocenters. The summed E-state index contributed by atoms with van der Waals surface area (Å²) in [5.41, 5.74) is 3.69. The number of carbonyl (C=O) groups is 1. The average Bonchev–Trinajstić information content (AvgIpc) is 2.73. The fourth-order valence-corrected chi connectivity index (χ4v) is 3.81. The van der Waals surface area contributed by atoms with Crippen LogP contribution >= 0.6 is 0 Å². The van der Waals surface area contributed by atoms with Gasteiger partial charge in [0.15, 0.2) is 0 Å². The van der Waals surface area contributed by atoms with Gasteiger partial charge in [0.2, 0.25) is 10.0 Å². The molecule has 3 rings (SSSR count). The Kier molecular flexibility index (Phi) is 6.46. The summed E-state index contributed by atoms with van der Waals surface area (Å²) in [5.74, 6) is -0.363. The van der Waals surface area contributed by atoms with Crippen LogP contribution in [0.25, 0.3) is 11.1 Å². The van der Waals surface area contributed by atoms with Crippen molar-refractivity contribution < 1.29 is 17.9 Å². The Morgan fingerprint density at radius 1 is 0.828 bits per heavy atom. The summed E-state index contributed by atoms with van der Waals surface area (Å²) in [6.07, 6.45) is 0.157. The Bertz CT molecular complexity index is 1080. The molecule has 0 N–H and O–H groups in total. The molecule has 3 aromatic rings. The molecule has 0 aliphatic heterocycles. The number of nitrogens with zero attached hydrogens (tertiary/aromatic N) is 1. The van der Waals surface area contributed by atoms with Gasteiger partial charge in [0.1, 0.15) is 6.61 Å². The first-order chi connectivity index (χ1) is 13.9. The maximum absolute atomic E-state index is 12.2. The molecule has 0 atom stereocenters. The van der Waals surface area contributed by atoms with E-state index in [2.05, 4.69) is 0 Å². The maximum atomic E-state index is 12.2. The highest BCUT2D eigenvalue weighted by atomic mass is 32.2. The van der Waals surface area contributed by atoms with Crippen LogP contribution in [0, 0.1) is 0 Å². The Morgan fingerprint density at radius 3 is 2.14 bits per heavy atom. The second-order valence-corrected chi connectivity index (χ2v) is 8.99. The number of hydrogen-bond donors (Lipinski definition) is 0. The first kappa shape index (κ1) is 20.8. The van der Waals surface area contributed by atoms with Gasteiger partial charge in [-0.05, 0) is 34.4 Å². The average molecular weight is 410 g/mol. The molecule has 6 heteroatoms. The second kappa shape index (κ2) is 9.03. The van der Waals surface area contributed by atoms with E-state index in [0.717, 1.165) is 21.0 Å². The molecule has 150 valence electrons. The van der Waals surface area contributed by atoms with Gasteiger partial charge in [-0.2, -0.15) is 0 Å². The molecular weight excluding hydrogens is 386 g/mol. The van der Waals surface area contributed by atoms with E-state index in [1.807, 2.05) is 54.6 Å². The number of ether oxygens (including phenoxy) is 1. The van der Waals surface area contributed by atoms with Crippen molar-refractivity contribution in [2.75, 3.05) is 14.1 Å². The highest BCUT2D eigenvalue weighted by molar-refractivity contribution is 7.89. The molecule has 0 saturated heterocycles. The van der Waals surface area contributed by atoms with Crippen LogP contribution in [-0.2, 0) is 32.6 Å². The zero-order valence-corrected chi connectivity index (χ0v) is 17.2. The molecule has 0 fully saturated rings. The lowest BCUT2D eigenvalue weighted by Crippen LogP contribution is -2.22. The third kappa shape index (κ3) is 5.31. The normalized spacial score (nSPS) is 11.4. The van der Waals surface area contributed by atoms with Gasteiger partial charge in [-0.1, -0.05) is 66.7 Å². The van der Waals surface area contributed by atoms with Gasteiger partial charge in [-0.25, -0.2) is 12.7 Å². The summed E-state index contributed by atoms with van der Waals surface area (Å²) in [5, 5.41) is 0. The highest BCUT2D eigenvalue weighted by Crippen LogP contribution is 2.20. The number of sulfonamides is 1. The van der Waals surface area contributed by atoms with Gasteiger partial charge in [-0.3, -0.25) is 4.79 Å². The third-order valence-corrected chi connectivity index (χ3v) is 6.30. The van der Waals surface area contributed by atoms with E-state index in [1.54, 1.807) is 12.1 Å². The molecule has 0 radical (unpaired) electrons. The van der Waals surface area contributed by atoms with E-state index >= 15 is 0 Å². The van der Waals surface area contributed by atoms with Crippen molar-refractivity contribution in [3.63, 3.8) is 0 Å². The number of rotatable bonds is 7. The lowest BCUT2D eigenvalue weighted by molar-refractivity contribution is -0.144. The molecular formula is C23H23NO4S. The van der Waals surface area contributed by atoms with Gasteiger partial charge >= 0.3 is 5.97 Å². The molecule has 0 saturated carbocycles. The van der Waals surface area contributed by atoms with Gasteiger partial charge in [0.05, 0.1) is 11.3 Å². The predicted molar refractivity (Wildman–Crippen MR) is 113 cm³/mol. The molecule has 0 aromatic heterocycles. The fraction of sp³-hybridized carbons (Fsp3) is 0.174. The quantitative estimate of drug-likeness (QED) is 0.556. The standard InChI is InChI=1S/C23H23NO4S/c1-24(2)29(26,27)22-10-6-7-19(15-22)17-28-23(25)16-18-11-13-21(14-12-18)20-8-4-3-5-9-20/h3-15H,16-17H2,1-2H3. The third-order valence-electron chi connectivity index (χ3n) is 4.49. The van der Waals surface area contributed by atoms with Gasteiger partial charge < -0.3 is 4.74 Å². The molecule has 0 heterocycles. The molecule has 0 bridgehead atoms. The molecule has 0 amide bonds. The summed E-state index contributed by atoms with van der Waals surface area (Å²) in [4.78, 5) is 12.4. The van der Waals surface area contributed by atoms with Crippen LogP contribution in [0.3, 0.4) is 0 Å². The lowest BCUT2D eigenvalue weighted by atomic mass is 10.0. The minimum atomic E-state index is -3.52. The Morgan fingerprint density at radius 2 is 1.48 bits per heavy atom. The summed E-state index contributed by atoms with van der Waals surface area (Å²) >= 11 is 0. The van der Waals surface area contributed by atoms with E-state index in [-0.39, 0.29) is 23.9 Å². The molecule has 29 heavy (non-hydrogen) atoms. The largest absolute Gasteiger partial charge is 0.461 e. The molecule has 0 aliphatic carbocycles. The van der Waals surface area contributed by atoms with Crippen molar-refractivity contribution in [1.29, 1.82) is 0 Å². The van der Waals surface area contributed by atoms with Gasteiger partial charge in [-0.15, -0.1) is 0 Å². The minimum Gasteiger partial charge on any atom is -0.461 e. The van der Waals surface area contributed by atoms with E-state index in [4.69, 9.17) is 4.74 Å². The van der Waals surface area contributed by atoms with E-state index < -0.39 is 10.0 Å². The maximum Gasteiger partial charge on any atom is 0.310 e. The summed E-state index contributed by atoms with van der Waals surface area (Å²) in [6.45, 7) is 0.0255. The van der Waals surface area contributed by atoms with Crippen molar-refractivity contribution in [1.82, 2.24) is 4.31 Å². The van der Waals surface area contributed by atoms with Crippen molar-refractivity contribution in [2.45, 2.75) is 17.9 Å².